The van der Waals surface area contributed by atoms with Gasteiger partial charge in [-0.25, -0.2) is 0 Å². The molecule has 0 aliphatic heterocycles. The molecule has 0 aliphatic rings. The second-order valence-corrected chi connectivity index (χ2v) is 13.9. The minimum Gasteiger partial charge on any atom is -0.309 e. The molecule has 0 atom stereocenters. The molecule has 0 saturated carbocycles. The molecule has 0 bridgehead atoms. The summed E-state index contributed by atoms with van der Waals surface area (Å²) >= 11 is 0. The van der Waals surface area contributed by atoms with Crippen molar-refractivity contribution in [2.75, 3.05) is 0 Å². The van der Waals surface area contributed by atoms with Gasteiger partial charge < -0.3 is 13.7 Å². The lowest BCUT2D eigenvalue weighted by Crippen LogP contribution is -2.03. The van der Waals surface area contributed by atoms with Crippen molar-refractivity contribution in [2.45, 2.75) is 0 Å². The lowest BCUT2D eigenvalue weighted by molar-refractivity contribution is 1.12. The van der Waals surface area contributed by atoms with Gasteiger partial charge in [-0.3, -0.25) is 0 Å². The maximum atomic E-state index is 11.0. The molecule has 3 heterocycles. The molecule has 0 N–H and O–H groups in total. The van der Waals surface area contributed by atoms with Gasteiger partial charge in [0, 0.05) is 43.6 Å². The molecule has 0 aliphatic carbocycles. The van der Waals surface area contributed by atoms with E-state index in [1.807, 2.05) is 30.3 Å². The highest BCUT2D eigenvalue weighted by Crippen LogP contribution is 2.41. The first-order chi connectivity index (χ1) is 27.2. The van der Waals surface area contributed by atoms with Gasteiger partial charge in [-0.1, -0.05) is 115 Å². The average Bonchev–Trinajstić information content (AvgIpc) is 3.89. The number of hydrogen-bond acceptors (Lipinski definition) is 2. The smallest absolute Gasteiger partial charge is 0.102 e. The van der Waals surface area contributed by atoms with Gasteiger partial charge in [-0.05, 0) is 66.2 Å². The van der Waals surface area contributed by atoms with Crippen LogP contribution < -0.4 is 0 Å². The Balaban J connectivity index is 1.14. The van der Waals surface area contributed by atoms with Crippen LogP contribution in [0.25, 0.3) is 93.6 Å². The minimum atomic E-state index is 0.602. The Morgan fingerprint density at radius 3 is 1.53 bits per heavy atom. The molecule has 0 spiro atoms. The van der Waals surface area contributed by atoms with Crippen LogP contribution in [0.5, 0.6) is 0 Å². The first-order valence-electron chi connectivity index (χ1n) is 18.3. The number of benzene rings is 8. The number of para-hydroxylation sites is 5. The number of rotatable bonds is 4. The third-order valence-corrected chi connectivity index (χ3v) is 11.1. The summed E-state index contributed by atoms with van der Waals surface area (Å²) in [4.78, 5) is 0. The predicted molar refractivity (Wildman–Crippen MR) is 224 cm³/mol. The third-order valence-electron chi connectivity index (χ3n) is 11.1. The van der Waals surface area contributed by atoms with Crippen molar-refractivity contribution in [1.82, 2.24) is 13.7 Å². The number of nitriles is 2. The Morgan fingerprint density at radius 2 is 0.873 bits per heavy atom. The number of fused-ring (bicyclic) bond motifs is 9. The van der Waals surface area contributed by atoms with Crippen molar-refractivity contribution < 1.29 is 0 Å². The maximum Gasteiger partial charge on any atom is 0.102 e. The monoisotopic (exact) mass is 699 g/mol. The molecule has 5 nitrogen and oxygen atoms in total. The van der Waals surface area contributed by atoms with Gasteiger partial charge in [0.1, 0.15) is 6.07 Å². The number of hydrogen-bond donors (Lipinski definition) is 0. The fourth-order valence-corrected chi connectivity index (χ4v) is 8.88. The Kier molecular flexibility index (Phi) is 6.61. The fourth-order valence-electron chi connectivity index (χ4n) is 8.88. The van der Waals surface area contributed by atoms with E-state index in [9.17, 15) is 10.5 Å². The molecule has 0 saturated heterocycles. The fraction of sp³-hybridized carbons (Fsp3) is 0. The second-order valence-electron chi connectivity index (χ2n) is 13.9. The van der Waals surface area contributed by atoms with Crippen molar-refractivity contribution in [3.8, 4) is 40.3 Å². The lowest BCUT2D eigenvalue weighted by Gasteiger charge is -2.17. The second kappa shape index (κ2) is 11.8. The summed E-state index contributed by atoms with van der Waals surface area (Å²) < 4.78 is 6.86. The highest BCUT2D eigenvalue weighted by molar-refractivity contribution is 6.15. The van der Waals surface area contributed by atoms with Gasteiger partial charge in [0.05, 0.1) is 61.7 Å². The van der Waals surface area contributed by atoms with Crippen LogP contribution in [0.3, 0.4) is 0 Å². The summed E-state index contributed by atoms with van der Waals surface area (Å²) in [6, 6.07) is 65.9. The van der Waals surface area contributed by atoms with Crippen LogP contribution in [0.2, 0.25) is 0 Å². The van der Waals surface area contributed by atoms with E-state index in [2.05, 4.69) is 171 Å². The van der Waals surface area contributed by atoms with Crippen molar-refractivity contribution >= 4 is 65.4 Å². The summed E-state index contributed by atoms with van der Waals surface area (Å²) in [7, 11) is 0. The molecule has 0 amide bonds. The zero-order chi connectivity index (χ0) is 36.6. The Hall–Kier alpha value is -7.86. The zero-order valence-electron chi connectivity index (χ0n) is 29.5. The molecule has 0 fully saturated rings. The first kappa shape index (κ1) is 30.7. The van der Waals surface area contributed by atoms with Gasteiger partial charge in [0.2, 0.25) is 0 Å². The molecule has 11 aromatic rings. The highest BCUT2D eigenvalue weighted by atomic mass is 15.1. The van der Waals surface area contributed by atoms with Crippen molar-refractivity contribution in [1.29, 1.82) is 10.5 Å². The Labute approximate surface area is 316 Å². The standard InChI is InChI=1S/C50H29N5/c51-30-33-12-9-24-47-49(33)40-16-4-8-22-45(40)53(47)34-28-26-32(27-29-34)35-17-10-23-46(41(35)31-52)55-44-21-7-3-15-38(44)39-18-11-25-48(50(39)55)54-42-19-5-1-13-36(42)37-14-2-6-20-43(37)54/h1-29H. The molecule has 55 heavy (non-hydrogen) atoms. The van der Waals surface area contributed by atoms with E-state index in [1.54, 1.807) is 0 Å². The molecule has 5 heteroatoms. The largest absolute Gasteiger partial charge is 0.309 e. The van der Waals surface area contributed by atoms with Gasteiger partial charge >= 0.3 is 0 Å². The third kappa shape index (κ3) is 4.33. The van der Waals surface area contributed by atoms with Gasteiger partial charge in [0.25, 0.3) is 0 Å². The maximum absolute atomic E-state index is 11.0. The topological polar surface area (TPSA) is 62.4 Å². The molecular formula is C50H29N5. The van der Waals surface area contributed by atoms with Crippen LogP contribution in [0, 0.1) is 22.7 Å². The van der Waals surface area contributed by atoms with Crippen LogP contribution in [-0.4, -0.2) is 13.7 Å². The van der Waals surface area contributed by atoms with E-state index < -0.39 is 0 Å². The Bertz CT molecular complexity index is 3400. The minimum absolute atomic E-state index is 0.602. The van der Waals surface area contributed by atoms with Crippen molar-refractivity contribution in [2.24, 2.45) is 0 Å². The van der Waals surface area contributed by atoms with E-state index in [-0.39, 0.29) is 0 Å². The van der Waals surface area contributed by atoms with Crippen LogP contribution in [0.4, 0.5) is 0 Å². The van der Waals surface area contributed by atoms with Crippen LogP contribution in [0.15, 0.2) is 176 Å². The van der Waals surface area contributed by atoms with Crippen molar-refractivity contribution in [3.63, 3.8) is 0 Å². The van der Waals surface area contributed by atoms with E-state index in [0.29, 0.717) is 11.1 Å². The van der Waals surface area contributed by atoms with Crippen molar-refractivity contribution in [3.05, 3.63) is 187 Å². The van der Waals surface area contributed by atoms with Gasteiger partial charge in [0.15, 0.2) is 0 Å². The zero-order valence-corrected chi connectivity index (χ0v) is 29.5. The normalized spacial score (nSPS) is 11.6. The SMILES string of the molecule is N#Cc1c(-c2ccc(-n3c4ccccc4c4c(C#N)cccc43)cc2)cccc1-n1c2ccccc2c2cccc(-n3c4ccccc4c4ccccc43)c21. The molecule has 3 aromatic heterocycles. The summed E-state index contributed by atoms with van der Waals surface area (Å²) in [5.74, 6) is 0. The summed E-state index contributed by atoms with van der Waals surface area (Å²) in [6.07, 6.45) is 0. The van der Waals surface area contributed by atoms with E-state index in [4.69, 9.17) is 0 Å². The summed E-state index contributed by atoms with van der Waals surface area (Å²) in [5, 5.41) is 27.6. The molecule has 0 unspecified atom stereocenters. The molecular weight excluding hydrogens is 671 g/mol. The molecule has 254 valence electrons. The summed E-state index contributed by atoms with van der Waals surface area (Å²) in [5.41, 5.74) is 12.3. The van der Waals surface area contributed by atoms with Crippen LogP contribution in [-0.2, 0) is 0 Å². The average molecular weight is 700 g/mol. The van der Waals surface area contributed by atoms with Gasteiger partial charge in [-0.15, -0.1) is 0 Å². The molecule has 8 aromatic carbocycles. The summed E-state index contributed by atoms with van der Waals surface area (Å²) in [6.45, 7) is 0. The van der Waals surface area contributed by atoms with Crippen LogP contribution in [0.1, 0.15) is 11.1 Å². The lowest BCUT2D eigenvalue weighted by atomic mass is 9.98. The number of aromatic nitrogens is 3. The van der Waals surface area contributed by atoms with E-state index >= 15 is 0 Å². The molecule has 0 radical (unpaired) electrons. The van der Waals surface area contributed by atoms with E-state index in [1.165, 1.54) is 10.8 Å². The highest BCUT2D eigenvalue weighted by Gasteiger charge is 2.22. The first-order valence-corrected chi connectivity index (χ1v) is 18.3. The number of nitrogens with zero attached hydrogens (tertiary/aromatic N) is 5. The van der Waals surface area contributed by atoms with Crippen LogP contribution >= 0.6 is 0 Å². The van der Waals surface area contributed by atoms with E-state index in [0.717, 1.165) is 82.8 Å². The Morgan fingerprint density at radius 1 is 0.364 bits per heavy atom. The van der Waals surface area contributed by atoms with Gasteiger partial charge in [-0.2, -0.15) is 10.5 Å². The quantitative estimate of drug-likeness (QED) is 0.184. The molecule has 11 rings (SSSR count). The predicted octanol–water partition coefficient (Wildman–Crippen LogP) is 12.4.